The Hall–Kier alpha value is -4.77. The number of rotatable bonds is 22. The van der Waals surface area contributed by atoms with Gasteiger partial charge in [0.05, 0.1) is 62.2 Å². The molecule has 1 unspecified atom stereocenters. The maximum atomic E-state index is 13.0. The number of aromatic nitrogens is 4. The minimum atomic E-state index is -1.45. The van der Waals surface area contributed by atoms with Gasteiger partial charge in [0, 0.05) is 75.8 Å². The zero-order chi connectivity index (χ0) is 41.0. The molecule has 22 heteroatoms. The van der Waals surface area contributed by atoms with Gasteiger partial charge in [0.25, 0.3) is 19.9 Å². The van der Waals surface area contributed by atoms with Crippen molar-refractivity contribution in [3.05, 3.63) is 86.2 Å². The number of amides is 1. The minimum absolute atomic E-state index is 0. The summed E-state index contributed by atoms with van der Waals surface area (Å²) in [5, 5.41) is 40.8. The average molecular weight is 992 g/mol. The van der Waals surface area contributed by atoms with Crippen molar-refractivity contribution in [2.24, 2.45) is 0 Å². The van der Waals surface area contributed by atoms with E-state index in [1.165, 1.54) is 42.3 Å². The van der Waals surface area contributed by atoms with E-state index in [1.54, 1.807) is 24.3 Å². The van der Waals surface area contributed by atoms with Gasteiger partial charge in [-0.2, -0.15) is 15.2 Å². The molecule has 0 aliphatic carbocycles. The summed E-state index contributed by atoms with van der Waals surface area (Å²) in [4.78, 5) is 50.7. The van der Waals surface area contributed by atoms with Crippen LogP contribution < -0.4 is 14.8 Å². The molecule has 1 amide bonds. The molecule has 0 aliphatic heterocycles. The number of nitro groups is 2. The number of hydrogen-bond acceptors (Lipinski definition) is 16. The van der Waals surface area contributed by atoms with E-state index >= 15 is 0 Å². The maximum absolute atomic E-state index is 13.0. The molecule has 1 radical (unpaired) electrons. The molecule has 0 spiro atoms. The summed E-state index contributed by atoms with van der Waals surface area (Å²) < 4.78 is 27.4. The van der Waals surface area contributed by atoms with Gasteiger partial charge in [0.15, 0.2) is 11.2 Å². The van der Waals surface area contributed by atoms with Crippen molar-refractivity contribution >= 4 is 37.0 Å². The SMILES string of the molecule is CC(C)N(C(C)C)P(OCCC#N)OCCNC(=O)Cn1cnc2c(OCCc3ccc([N+](=O)[O-])cc3)nc(OCCc3ccc([N+](=O)[O-])cc3)nc21.COO.[Ir]. The molecule has 311 valence electrons. The number of ether oxygens (including phenoxy) is 2. The Morgan fingerprint density at radius 3 is 1.95 bits per heavy atom. The monoisotopic (exact) mass is 992 g/mol. The molecule has 2 N–H and O–H groups in total. The quantitative estimate of drug-likeness (QED) is 0.0329. The zero-order valence-electron chi connectivity index (χ0n) is 32.1. The van der Waals surface area contributed by atoms with Crippen molar-refractivity contribution < 1.29 is 63.4 Å². The topological polar surface area (TPSA) is 252 Å². The molecule has 0 saturated heterocycles. The molecule has 4 rings (SSSR count). The van der Waals surface area contributed by atoms with E-state index in [2.05, 4.69) is 35.9 Å². The molecule has 0 bridgehead atoms. The van der Waals surface area contributed by atoms with Gasteiger partial charge >= 0.3 is 6.01 Å². The van der Waals surface area contributed by atoms with E-state index in [4.69, 9.17) is 29.0 Å². The summed E-state index contributed by atoms with van der Waals surface area (Å²) in [6, 6.07) is 14.6. The Bertz CT molecular complexity index is 1890. The summed E-state index contributed by atoms with van der Waals surface area (Å²) in [5.41, 5.74) is 2.19. The van der Waals surface area contributed by atoms with Gasteiger partial charge < -0.3 is 28.4 Å². The van der Waals surface area contributed by atoms with Gasteiger partial charge in [0.2, 0.25) is 11.8 Å². The Balaban J connectivity index is 0.00000271. The number of nitriles is 1. The van der Waals surface area contributed by atoms with Crippen molar-refractivity contribution in [1.29, 1.82) is 5.26 Å². The fourth-order valence-corrected chi connectivity index (χ4v) is 6.70. The zero-order valence-corrected chi connectivity index (χ0v) is 35.4. The third-order valence-electron chi connectivity index (χ3n) is 7.56. The first-order chi connectivity index (χ1) is 26.9. The number of nitro benzene ring substituents is 2. The van der Waals surface area contributed by atoms with Crippen LogP contribution in [0.1, 0.15) is 45.2 Å². The van der Waals surface area contributed by atoms with Crippen LogP contribution in [0.2, 0.25) is 0 Å². The fourth-order valence-electron chi connectivity index (χ4n) is 5.11. The first kappa shape index (κ1) is 48.4. The largest absolute Gasteiger partial charge is 0.476 e. The molecular formula is C35H46IrN9O11P. The number of non-ortho nitro benzene ring substituents is 2. The van der Waals surface area contributed by atoms with Crippen LogP contribution in [-0.4, -0.2) is 97.4 Å². The van der Waals surface area contributed by atoms with Gasteiger partial charge in [-0.15, -0.1) is 0 Å². The average Bonchev–Trinajstić information content (AvgIpc) is 3.56. The van der Waals surface area contributed by atoms with Crippen LogP contribution in [0.15, 0.2) is 54.9 Å². The number of imidazole rings is 1. The molecule has 1 atom stereocenters. The van der Waals surface area contributed by atoms with Crippen molar-refractivity contribution in [3.8, 4) is 18.0 Å². The molecule has 4 aromatic rings. The Morgan fingerprint density at radius 1 is 0.912 bits per heavy atom. The normalized spacial score (nSPS) is 11.4. The molecule has 0 saturated carbocycles. The predicted octanol–water partition coefficient (Wildman–Crippen LogP) is 5.40. The van der Waals surface area contributed by atoms with Crippen LogP contribution in [0.5, 0.6) is 11.9 Å². The second kappa shape index (κ2) is 25.5. The van der Waals surface area contributed by atoms with Crippen LogP contribution >= 0.6 is 8.53 Å². The van der Waals surface area contributed by atoms with Gasteiger partial charge in [-0.1, -0.05) is 24.3 Å². The number of fused-ring (bicyclic) bond motifs is 1. The van der Waals surface area contributed by atoms with Crippen LogP contribution in [0, 0.1) is 31.6 Å². The minimum Gasteiger partial charge on any atom is -0.476 e. The first-order valence-corrected chi connectivity index (χ1v) is 18.6. The summed E-state index contributed by atoms with van der Waals surface area (Å²) >= 11 is 0. The van der Waals surface area contributed by atoms with Gasteiger partial charge in [-0.25, -0.2) is 14.5 Å². The van der Waals surface area contributed by atoms with Crippen molar-refractivity contribution in [2.75, 3.05) is 40.1 Å². The molecule has 0 aliphatic rings. The van der Waals surface area contributed by atoms with Crippen LogP contribution in [0.25, 0.3) is 11.2 Å². The smallest absolute Gasteiger partial charge is 0.321 e. The molecular weight excluding hydrogens is 946 g/mol. The summed E-state index contributed by atoms with van der Waals surface area (Å²) in [5.74, 6) is -0.202. The van der Waals surface area contributed by atoms with Gasteiger partial charge in [-0.05, 0) is 38.8 Å². The van der Waals surface area contributed by atoms with E-state index in [9.17, 15) is 25.0 Å². The third-order valence-corrected chi connectivity index (χ3v) is 9.67. The van der Waals surface area contributed by atoms with Gasteiger partial charge in [-0.3, -0.25) is 30.3 Å². The van der Waals surface area contributed by atoms with Crippen molar-refractivity contribution in [1.82, 2.24) is 29.5 Å². The molecule has 57 heavy (non-hydrogen) atoms. The maximum Gasteiger partial charge on any atom is 0.321 e. The molecule has 2 aromatic carbocycles. The number of nitrogens with zero attached hydrogens (tertiary/aromatic N) is 8. The predicted molar refractivity (Wildman–Crippen MR) is 204 cm³/mol. The van der Waals surface area contributed by atoms with E-state index < -0.39 is 18.4 Å². The van der Waals surface area contributed by atoms with E-state index in [0.717, 1.165) is 11.1 Å². The summed E-state index contributed by atoms with van der Waals surface area (Å²) in [6.45, 7) is 8.97. The number of hydrogen-bond donors (Lipinski definition) is 2. The number of carbonyl (C=O) groups is 1. The molecule has 0 fully saturated rings. The van der Waals surface area contributed by atoms with Gasteiger partial charge in [0.1, 0.15) is 6.54 Å². The Labute approximate surface area is 344 Å². The second-order valence-electron chi connectivity index (χ2n) is 12.3. The van der Waals surface area contributed by atoms with Crippen molar-refractivity contribution in [3.63, 3.8) is 0 Å². The third kappa shape index (κ3) is 15.9. The summed E-state index contributed by atoms with van der Waals surface area (Å²) in [7, 11) is -0.268. The number of carbonyl (C=O) groups excluding carboxylic acids is 1. The van der Waals surface area contributed by atoms with Crippen LogP contribution in [0.4, 0.5) is 11.4 Å². The van der Waals surface area contributed by atoms with E-state index in [0.29, 0.717) is 24.0 Å². The van der Waals surface area contributed by atoms with Crippen molar-refractivity contribution in [2.45, 2.75) is 65.6 Å². The van der Waals surface area contributed by atoms with E-state index in [1.807, 2.05) is 27.7 Å². The second-order valence-corrected chi connectivity index (χ2v) is 13.8. The van der Waals surface area contributed by atoms with Crippen LogP contribution in [-0.2, 0) is 58.2 Å². The first-order valence-electron chi connectivity index (χ1n) is 17.5. The Morgan fingerprint density at radius 2 is 1.44 bits per heavy atom. The molecule has 20 nitrogen and oxygen atoms in total. The number of benzene rings is 2. The summed E-state index contributed by atoms with van der Waals surface area (Å²) in [6.07, 6.45) is 2.52. The molecule has 2 aromatic heterocycles. The van der Waals surface area contributed by atoms with E-state index in [-0.39, 0.29) is 107 Å². The molecule has 2 heterocycles. The number of nitrogens with one attached hydrogen (secondary N) is 1. The Kier molecular flexibility index (Phi) is 21.6. The standard InChI is InChI=1S/C34H42N9O9P.CH4O2.Ir/c1-24(2)41(25(3)4)53(51-18-5-16-35)52-21-17-36-30(44)22-40-23-37-31-32(40)38-34(50-20-15-27-8-12-29(13-9-27)43(47)48)39-33(31)49-19-14-26-6-10-28(11-7-26)42(45)46;1-3-2;/h6-13,23-25H,5,14-15,17-22H2,1-4H3,(H,36,44);2H,1H3;. The fraction of sp³-hybridized carbons (Fsp3) is 0.457. The van der Waals surface area contributed by atoms with Crippen LogP contribution in [0.3, 0.4) is 0 Å².